The molecule has 3 atom stereocenters. The van der Waals surface area contributed by atoms with Crippen LogP contribution in [0, 0.1) is 5.92 Å². The number of thioether (sulfide) groups is 1. The molecule has 1 aromatic carbocycles. The summed E-state index contributed by atoms with van der Waals surface area (Å²) in [7, 11) is 0. The van der Waals surface area contributed by atoms with Gasteiger partial charge in [-0.1, -0.05) is 43.0 Å². The lowest BCUT2D eigenvalue weighted by molar-refractivity contribution is 0.0330. The molecule has 0 saturated heterocycles. The summed E-state index contributed by atoms with van der Waals surface area (Å²) < 4.78 is 0. The number of nitrogens with one attached hydrogen (secondary N) is 1. The first-order valence-electron chi connectivity index (χ1n) is 6.65. The molecular formula is C14H19N3O3S. The smallest absolute Gasteiger partial charge is 0.183 e. The van der Waals surface area contributed by atoms with Gasteiger partial charge in [-0.15, -0.1) is 0 Å². The minimum Gasteiger partial charge on any atom is -0.392 e. The SMILES string of the molecule is C[C@@H]([C@H](O)c1ccc(CO)cc1)[C@@H](O)CSc1ncn[nH]1. The molecule has 0 unspecified atom stereocenters. The topological polar surface area (TPSA) is 102 Å². The number of nitrogens with zero attached hydrogens (tertiary/aromatic N) is 2. The molecule has 0 saturated carbocycles. The molecule has 0 aliphatic rings. The fraction of sp³-hybridized carbons (Fsp3) is 0.429. The summed E-state index contributed by atoms with van der Waals surface area (Å²) in [5, 5.41) is 36.6. The number of hydrogen-bond acceptors (Lipinski definition) is 6. The maximum Gasteiger partial charge on any atom is 0.183 e. The highest BCUT2D eigenvalue weighted by Crippen LogP contribution is 2.27. The minimum absolute atomic E-state index is 0.0254. The van der Waals surface area contributed by atoms with Crippen LogP contribution in [0.3, 0.4) is 0 Å². The predicted octanol–water partition coefficient (Wildman–Crippen LogP) is 1.12. The van der Waals surface area contributed by atoms with Crippen molar-refractivity contribution in [1.29, 1.82) is 0 Å². The van der Waals surface area contributed by atoms with E-state index in [1.54, 1.807) is 31.2 Å². The van der Waals surface area contributed by atoms with Gasteiger partial charge in [-0.25, -0.2) is 4.98 Å². The fourth-order valence-electron chi connectivity index (χ4n) is 1.91. The van der Waals surface area contributed by atoms with Crippen LogP contribution in [-0.4, -0.2) is 42.4 Å². The number of aliphatic hydroxyl groups excluding tert-OH is 3. The van der Waals surface area contributed by atoms with Gasteiger partial charge in [0.2, 0.25) is 0 Å². The monoisotopic (exact) mass is 309 g/mol. The lowest BCUT2D eigenvalue weighted by atomic mass is 9.93. The molecule has 0 amide bonds. The van der Waals surface area contributed by atoms with Gasteiger partial charge < -0.3 is 15.3 Å². The highest BCUT2D eigenvalue weighted by molar-refractivity contribution is 7.99. The third kappa shape index (κ3) is 4.28. The first-order valence-corrected chi connectivity index (χ1v) is 7.64. The number of hydrogen-bond donors (Lipinski definition) is 4. The highest BCUT2D eigenvalue weighted by Gasteiger charge is 2.24. The van der Waals surface area contributed by atoms with Crippen LogP contribution in [0.4, 0.5) is 0 Å². The molecule has 6 nitrogen and oxygen atoms in total. The van der Waals surface area contributed by atoms with E-state index < -0.39 is 12.2 Å². The lowest BCUT2D eigenvalue weighted by Crippen LogP contribution is -2.26. The van der Waals surface area contributed by atoms with Crippen LogP contribution < -0.4 is 0 Å². The molecule has 4 N–H and O–H groups in total. The van der Waals surface area contributed by atoms with Gasteiger partial charge in [0.05, 0.1) is 18.8 Å². The summed E-state index contributed by atoms with van der Waals surface area (Å²) in [5.41, 5.74) is 1.52. The van der Waals surface area contributed by atoms with Crippen LogP contribution in [0.25, 0.3) is 0 Å². The summed E-state index contributed by atoms with van der Waals surface area (Å²) in [5.74, 6) is 0.0997. The third-order valence-electron chi connectivity index (χ3n) is 3.39. The van der Waals surface area contributed by atoms with Gasteiger partial charge >= 0.3 is 0 Å². The summed E-state index contributed by atoms with van der Waals surface area (Å²) in [6.07, 6.45) is -0.0221. The van der Waals surface area contributed by atoms with E-state index in [2.05, 4.69) is 15.2 Å². The van der Waals surface area contributed by atoms with E-state index in [9.17, 15) is 10.2 Å². The van der Waals surface area contributed by atoms with Crippen LogP contribution >= 0.6 is 11.8 Å². The maximum atomic E-state index is 10.3. The van der Waals surface area contributed by atoms with Crippen molar-refractivity contribution in [1.82, 2.24) is 15.2 Å². The average Bonchev–Trinajstić information content (AvgIpc) is 3.04. The zero-order chi connectivity index (χ0) is 15.2. The fourth-order valence-corrected chi connectivity index (χ4v) is 2.79. The number of benzene rings is 1. The Morgan fingerprint density at radius 3 is 2.52 bits per heavy atom. The Kier molecular flexibility index (Phi) is 5.75. The van der Waals surface area contributed by atoms with Gasteiger partial charge in [-0.2, -0.15) is 5.10 Å². The van der Waals surface area contributed by atoms with Crippen LogP contribution in [0.1, 0.15) is 24.2 Å². The van der Waals surface area contributed by atoms with E-state index in [1.807, 2.05) is 0 Å². The molecule has 1 aromatic heterocycles. The Labute approximate surface area is 127 Å². The van der Waals surface area contributed by atoms with Gasteiger partial charge in [0.15, 0.2) is 5.16 Å². The van der Waals surface area contributed by atoms with E-state index in [-0.39, 0.29) is 12.5 Å². The first kappa shape index (κ1) is 16.0. The average molecular weight is 309 g/mol. The van der Waals surface area contributed by atoms with Crippen LogP contribution in [-0.2, 0) is 6.61 Å². The number of aromatic amines is 1. The Morgan fingerprint density at radius 1 is 1.24 bits per heavy atom. The molecule has 114 valence electrons. The van der Waals surface area contributed by atoms with E-state index in [4.69, 9.17) is 5.11 Å². The third-order valence-corrected chi connectivity index (χ3v) is 4.37. The standard InChI is InChI=1S/C14H19N3O3S/c1-9(12(19)7-21-14-15-8-16-17-14)13(20)11-4-2-10(6-18)3-5-11/h2-5,8-9,12-13,18-20H,6-7H2,1H3,(H,15,16,17)/t9-,12+,13+/m1/s1. The number of aromatic nitrogens is 3. The van der Waals surface area contributed by atoms with E-state index in [0.717, 1.165) is 11.1 Å². The Hall–Kier alpha value is -1.41. The Morgan fingerprint density at radius 2 is 1.95 bits per heavy atom. The second-order valence-electron chi connectivity index (χ2n) is 4.87. The highest BCUT2D eigenvalue weighted by atomic mass is 32.2. The zero-order valence-corrected chi connectivity index (χ0v) is 12.5. The minimum atomic E-state index is -0.761. The molecule has 0 aliphatic carbocycles. The van der Waals surface area contributed by atoms with Gasteiger partial charge in [0.25, 0.3) is 0 Å². The van der Waals surface area contributed by atoms with Crippen molar-refractivity contribution in [2.24, 2.45) is 5.92 Å². The second-order valence-corrected chi connectivity index (χ2v) is 5.88. The molecule has 0 fully saturated rings. The van der Waals surface area contributed by atoms with E-state index >= 15 is 0 Å². The van der Waals surface area contributed by atoms with Gasteiger partial charge in [0.1, 0.15) is 6.33 Å². The molecule has 2 aromatic rings. The van der Waals surface area contributed by atoms with Gasteiger partial charge in [-0.05, 0) is 11.1 Å². The molecule has 7 heteroatoms. The van der Waals surface area contributed by atoms with Crippen LogP contribution in [0.5, 0.6) is 0 Å². The number of rotatable bonds is 7. The summed E-state index contributed by atoms with van der Waals surface area (Å²) in [4.78, 5) is 3.97. The summed E-state index contributed by atoms with van der Waals surface area (Å²) in [6.45, 7) is 1.78. The van der Waals surface area contributed by atoms with Crippen molar-refractivity contribution < 1.29 is 15.3 Å². The molecule has 0 spiro atoms. The molecule has 0 bridgehead atoms. The predicted molar refractivity (Wildman–Crippen MR) is 79.6 cm³/mol. The normalized spacial score (nSPS) is 15.6. The Balaban J connectivity index is 1.91. The van der Waals surface area contributed by atoms with Crippen molar-refractivity contribution >= 4 is 11.8 Å². The first-order chi connectivity index (χ1) is 10.1. The molecule has 0 radical (unpaired) electrons. The van der Waals surface area contributed by atoms with Crippen molar-refractivity contribution in [3.8, 4) is 0 Å². The second kappa shape index (κ2) is 7.56. The van der Waals surface area contributed by atoms with E-state index in [1.165, 1.54) is 18.1 Å². The van der Waals surface area contributed by atoms with Crippen molar-refractivity contribution in [3.63, 3.8) is 0 Å². The number of aliphatic hydroxyl groups is 3. The molecule has 21 heavy (non-hydrogen) atoms. The van der Waals surface area contributed by atoms with Gasteiger partial charge in [-0.3, -0.25) is 5.10 Å². The lowest BCUT2D eigenvalue weighted by Gasteiger charge is -2.24. The summed E-state index contributed by atoms with van der Waals surface area (Å²) in [6, 6.07) is 7.06. The maximum absolute atomic E-state index is 10.3. The molecular weight excluding hydrogens is 290 g/mol. The van der Waals surface area contributed by atoms with Crippen LogP contribution in [0.2, 0.25) is 0 Å². The molecule has 2 rings (SSSR count). The Bertz CT molecular complexity index is 533. The largest absolute Gasteiger partial charge is 0.392 e. The van der Waals surface area contributed by atoms with Gasteiger partial charge in [0, 0.05) is 11.7 Å². The zero-order valence-electron chi connectivity index (χ0n) is 11.7. The van der Waals surface area contributed by atoms with Crippen molar-refractivity contribution in [2.45, 2.75) is 30.9 Å². The van der Waals surface area contributed by atoms with E-state index in [0.29, 0.717) is 10.9 Å². The number of H-pyrrole nitrogens is 1. The van der Waals surface area contributed by atoms with Crippen molar-refractivity contribution in [3.05, 3.63) is 41.7 Å². The quantitative estimate of drug-likeness (QED) is 0.572. The van der Waals surface area contributed by atoms with Crippen LogP contribution in [0.15, 0.2) is 35.7 Å². The summed E-state index contributed by atoms with van der Waals surface area (Å²) >= 11 is 1.36. The van der Waals surface area contributed by atoms with Crippen molar-refractivity contribution in [2.75, 3.05) is 5.75 Å². The molecule has 0 aliphatic heterocycles. The molecule has 1 heterocycles.